The number of nitrogens with zero attached hydrogens (tertiary/aromatic N) is 3. The molecule has 0 amide bonds. The third kappa shape index (κ3) is 3.43. The maximum atomic E-state index is 5.58. The summed E-state index contributed by atoms with van der Waals surface area (Å²) in [6.45, 7) is 6.86. The summed E-state index contributed by atoms with van der Waals surface area (Å²) >= 11 is 0. The lowest BCUT2D eigenvalue weighted by molar-refractivity contribution is 0.340. The zero-order valence-corrected chi connectivity index (χ0v) is 16.4. The summed E-state index contributed by atoms with van der Waals surface area (Å²) in [5.74, 6) is 1.71. The van der Waals surface area contributed by atoms with Gasteiger partial charge in [-0.3, -0.25) is 0 Å². The van der Waals surface area contributed by atoms with E-state index in [1.165, 1.54) is 0 Å². The van der Waals surface area contributed by atoms with Crippen LogP contribution in [0.3, 0.4) is 0 Å². The molecule has 4 aromatic rings. The van der Waals surface area contributed by atoms with E-state index in [9.17, 15) is 0 Å². The fourth-order valence-corrected chi connectivity index (χ4v) is 3.35. The molecule has 0 unspecified atom stereocenters. The van der Waals surface area contributed by atoms with Crippen molar-refractivity contribution in [2.45, 2.75) is 26.8 Å². The topological polar surface area (TPSA) is 52.0 Å². The van der Waals surface area contributed by atoms with Crippen molar-refractivity contribution in [1.82, 2.24) is 14.5 Å². The fourth-order valence-electron chi connectivity index (χ4n) is 3.35. The summed E-state index contributed by atoms with van der Waals surface area (Å²) in [7, 11) is 0. The first-order valence-electron chi connectivity index (χ1n) is 9.58. The standard InChI is InChI=1S/C23H24N4O/c1-4-28-19-12-10-18(11-13-19)27-14-20(17-8-6-5-7-9-17)21-22(26-16(2)3)24-15-25-23(21)27/h5-16H,4H2,1-3H3,(H,24,25,26). The van der Waals surface area contributed by atoms with Gasteiger partial charge in [0.25, 0.3) is 0 Å². The quantitative estimate of drug-likeness (QED) is 0.498. The van der Waals surface area contributed by atoms with Crippen LogP contribution in [0, 0.1) is 0 Å². The van der Waals surface area contributed by atoms with Gasteiger partial charge in [-0.05, 0) is 50.6 Å². The molecule has 0 spiro atoms. The minimum absolute atomic E-state index is 0.274. The van der Waals surface area contributed by atoms with Crippen LogP contribution in [-0.2, 0) is 0 Å². The Morgan fingerprint density at radius 3 is 2.43 bits per heavy atom. The molecule has 5 nitrogen and oxygen atoms in total. The van der Waals surface area contributed by atoms with E-state index in [0.717, 1.165) is 39.4 Å². The van der Waals surface area contributed by atoms with Crippen molar-refractivity contribution in [2.75, 3.05) is 11.9 Å². The van der Waals surface area contributed by atoms with Crippen LogP contribution in [0.1, 0.15) is 20.8 Å². The maximum absolute atomic E-state index is 5.58. The van der Waals surface area contributed by atoms with Gasteiger partial charge in [0.2, 0.25) is 0 Å². The van der Waals surface area contributed by atoms with Crippen LogP contribution in [0.5, 0.6) is 5.75 Å². The number of rotatable bonds is 6. The molecule has 2 aromatic carbocycles. The molecule has 0 bridgehead atoms. The molecular formula is C23H24N4O. The molecule has 2 heterocycles. The Morgan fingerprint density at radius 1 is 1.00 bits per heavy atom. The molecule has 0 saturated carbocycles. The average molecular weight is 372 g/mol. The van der Waals surface area contributed by atoms with Crippen molar-refractivity contribution in [2.24, 2.45) is 0 Å². The van der Waals surface area contributed by atoms with E-state index in [1.54, 1.807) is 6.33 Å². The summed E-state index contributed by atoms with van der Waals surface area (Å²) in [6, 6.07) is 18.7. The summed E-state index contributed by atoms with van der Waals surface area (Å²) < 4.78 is 7.69. The van der Waals surface area contributed by atoms with Crippen LogP contribution >= 0.6 is 0 Å². The van der Waals surface area contributed by atoms with Crippen molar-refractivity contribution in [1.29, 1.82) is 0 Å². The van der Waals surface area contributed by atoms with Gasteiger partial charge in [0, 0.05) is 23.5 Å². The van der Waals surface area contributed by atoms with Crippen molar-refractivity contribution < 1.29 is 4.74 Å². The number of hydrogen-bond acceptors (Lipinski definition) is 4. The third-order valence-corrected chi connectivity index (χ3v) is 4.52. The minimum Gasteiger partial charge on any atom is -0.494 e. The van der Waals surface area contributed by atoms with E-state index in [4.69, 9.17) is 4.74 Å². The normalized spacial score (nSPS) is 11.1. The molecule has 4 rings (SSSR count). The molecule has 0 radical (unpaired) electrons. The van der Waals surface area contributed by atoms with E-state index in [1.807, 2.05) is 25.1 Å². The zero-order valence-electron chi connectivity index (χ0n) is 16.4. The number of anilines is 1. The van der Waals surface area contributed by atoms with Gasteiger partial charge in [0.1, 0.15) is 17.9 Å². The molecule has 0 aliphatic heterocycles. The van der Waals surface area contributed by atoms with Crippen LogP contribution < -0.4 is 10.1 Å². The number of fused-ring (bicyclic) bond motifs is 1. The monoisotopic (exact) mass is 372 g/mol. The first-order chi connectivity index (χ1) is 13.7. The summed E-state index contributed by atoms with van der Waals surface area (Å²) in [6.07, 6.45) is 3.75. The zero-order chi connectivity index (χ0) is 19.5. The molecule has 0 aliphatic carbocycles. The molecule has 142 valence electrons. The van der Waals surface area contributed by atoms with Gasteiger partial charge >= 0.3 is 0 Å². The van der Waals surface area contributed by atoms with Crippen LogP contribution in [-0.4, -0.2) is 27.2 Å². The molecule has 5 heteroatoms. The smallest absolute Gasteiger partial charge is 0.150 e. The Kier molecular flexibility index (Phi) is 4.98. The first kappa shape index (κ1) is 18.0. The van der Waals surface area contributed by atoms with E-state index >= 15 is 0 Å². The Morgan fingerprint density at radius 2 is 1.75 bits per heavy atom. The molecule has 28 heavy (non-hydrogen) atoms. The van der Waals surface area contributed by atoms with Crippen molar-refractivity contribution >= 4 is 16.9 Å². The van der Waals surface area contributed by atoms with E-state index in [2.05, 4.69) is 76.3 Å². The minimum atomic E-state index is 0.274. The van der Waals surface area contributed by atoms with Crippen LogP contribution in [0.25, 0.3) is 27.8 Å². The van der Waals surface area contributed by atoms with Crippen molar-refractivity contribution in [3.63, 3.8) is 0 Å². The summed E-state index contributed by atoms with van der Waals surface area (Å²) in [5.41, 5.74) is 4.15. The van der Waals surface area contributed by atoms with Gasteiger partial charge in [-0.25, -0.2) is 9.97 Å². The highest BCUT2D eigenvalue weighted by Gasteiger charge is 2.17. The van der Waals surface area contributed by atoms with Crippen molar-refractivity contribution in [3.8, 4) is 22.6 Å². The highest BCUT2D eigenvalue weighted by atomic mass is 16.5. The third-order valence-electron chi connectivity index (χ3n) is 4.52. The summed E-state index contributed by atoms with van der Waals surface area (Å²) in [5, 5.41) is 4.49. The predicted octanol–water partition coefficient (Wildman–Crippen LogP) is 5.31. The maximum Gasteiger partial charge on any atom is 0.150 e. The second kappa shape index (κ2) is 7.72. The molecule has 1 N–H and O–H groups in total. The number of benzene rings is 2. The highest BCUT2D eigenvalue weighted by Crippen LogP contribution is 2.35. The number of aromatic nitrogens is 3. The molecule has 0 saturated heterocycles. The number of nitrogens with one attached hydrogen (secondary N) is 1. The Labute approximate surface area is 165 Å². The van der Waals surface area contributed by atoms with Gasteiger partial charge in [-0.2, -0.15) is 0 Å². The Balaban J connectivity index is 1.92. The van der Waals surface area contributed by atoms with Gasteiger partial charge < -0.3 is 14.6 Å². The molecule has 0 aliphatic rings. The average Bonchev–Trinajstić information content (AvgIpc) is 3.10. The highest BCUT2D eigenvalue weighted by molar-refractivity contribution is 6.02. The van der Waals surface area contributed by atoms with Crippen LogP contribution in [0.15, 0.2) is 67.1 Å². The lowest BCUT2D eigenvalue weighted by Gasteiger charge is -2.11. The van der Waals surface area contributed by atoms with Gasteiger partial charge in [-0.1, -0.05) is 30.3 Å². The molecule has 2 aromatic heterocycles. The van der Waals surface area contributed by atoms with Crippen molar-refractivity contribution in [3.05, 3.63) is 67.1 Å². The van der Waals surface area contributed by atoms with Crippen LogP contribution in [0.4, 0.5) is 5.82 Å². The number of hydrogen-bond donors (Lipinski definition) is 1. The Hall–Kier alpha value is -3.34. The predicted molar refractivity (Wildman–Crippen MR) is 114 cm³/mol. The second-order valence-corrected chi connectivity index (χ2v) is 6.93. The van der Waals surface area contributed by atoms with E-state index in [-0.39, 0.29) is 6.04 Å². The number of ether oxygens (including phenoxy) is 1. The van der Waals surface area contributed by atoms with E-state index in [0.29, 0.717) is 6.61 Å². The lowest BCUT2D eigenvalue weighted by atomic mass is 10.1. The van der Waals surface area contributed by atoms with Gasteiger partial charge in [-0.15, -0.1) is 0 Å². The molecule has 0 fully saturated rings. The molecular weight excluding hydrogens is 348 g/mol. The largest absolute Gasteiger partial charge is 0.494 e. The second-order valence-electron chi connectivity index (χ2n) is 6.93. The SMILES string of the molecule is CCOc1ccc(-n2cc(-c3ccccc3)c3c(NC(C)C)ncnc32)cc1. The fraction of sp³-hybridized carbons (Fsp3) is 0.217. The van der Waals surface area contributed by atoms with Crippen LogP contribution in [0.2, 0.25) is 0 Å². The van der Waals surface area contributed by atoms with E-state index < -0.39 is 0 Å². The lowest BCUT2D eigenvalue weighted by Crippen LogP contribution is -2.11. The summed E-state index contributed by atoms with van der Waals surface area (Å²) in [4.78, 5) is 9.13. The molecule has 0 atom stereocenters. The Bertz CT molecular complexity index is 1070. The van der Waals surface area contributed by atoms with Gasteiger partial charge in [0.15, 0.2) is 5.65 Å². The van der Waals surface area contributed by atoms with Gasteiger partial charge in [0.05, 0.1) is 12.0 Å². The first-order valence-corrected chi connectivity index (χ1v) is 9.58.